The van der Waals surface area contributed by atoms with Crippen LogP contribution < -0.4 is 14.8 Å². The van der Waals surface area contributed by atoms with Crippen molar-refractivity contribution in [3.05, 3.63) is 29.5 Å². The van der Waals surface area contributed by atoms with Crippen LogP contribution in [-0.2, 0) is 11.3 Å². The maximum atomic E-state index is 11.7. The average Bonchev–Trinajstić information content (AvgIpc) is 2.99. The molecular formula is C18H23N3O4. The van der Waals surface area contributed by atoms with Gasteiger partial charge in [-0.25, -0.2) is 4.79 Å². The Morgan fingerprint density at radius 2 is 1.92 bits per heavy atom. The number of amides is 1. The molecular weight excluding hydrogens is 322 g/mol. The number of hydrogen-bond acceptors (Lipinski definition) is 5. The van der Waals surface area contributed by atoms with Gasteiger partial charge in [-0.15, -0.1) is 0 Å². The maximum Gasteiger partial charge on any atom is 0.407 e. The molecule has 1 amide bonds. The monoisotopic (exact) mass is 345 g/mol. The van der Waals surface area contributed by atoms with Crippen LogP contribution in [0.3, 0.4) is 0 Å². The van der Waals surface area contributed by atoms with E-state index >= 15 is 0 Å². The summed E-state index contributed by atoms with van der Waals surface area (Å²) in [6, 6.07) is 5.79. The molecule has 0 saturated heterocycles. The Kier molecular flexibility index (Phi) is 4.57. The third kappa shape index (κ3) is 4.23. The van der Waals surface area contributed by atoms with Crippen LogP contribution in [0.15, 0.2) is 18.2 Å². The molecule has 0 bridgehead atoms. The lowest BCUT2D eigenvalue weighted by Crippen LogP contribution is -2.32. The first-order valence-corrected chi connectivity index (χ1v) is 8.23. The van der Waals surface area contributed by atoms with Crippen LogP contribution in [0.1, 0.15) is 32.0 Å². The summed E-state index contributed by atoms with van der Waals surface area (Å²) in [5.74, 6) is 1.48. The summed E-state index contributed by atoms with van der Waals surface area (Å²) in [6.45, 7) is 8.89. The third-order valence-corrected chi connectivity index (χ3v) is 3.62. The zero-order valence-electron chi connectivity index (χ0n) is 14.9. The molecule has 1 aromatic heterocycles. The SMILES string of the molecule is Cc1cc2c(cc1-c1cc(CNC(=O)OC(C)(C)C)[nH]n1)OCCO2. The molecule has 0 radical (unpaired) electrons. The highest BCUT2D eigenvalue weighted by Gasteiger charge is 2.18. The molecule has 0 aliphatic carbocycles. The fraction of sp³-hybridized carbons (Fsp3) is 0.444. The van der Waals surface area contributed by atoms with E-state index in [0.717, 1.165) is 34.0 Å². The summed E-state index contributed by atoms with van der Waals surface area (Å²) < 4.78 is 16.4. The van der Waals surface area contributed by atoms with E-state index in [1.165, 1.54) is 0 Å². The molecule has 2 N–H and O–H groups in total. The number of carbonyl (C=O) groups is 1. The Labute approximate surface area is 146 Å². The van der Waals surface area contributed by atoms with Crippen LogP contribution in [0.4, 0.5) is 4.79 Å². The molecule has 25 heavy (non-hydrogen) atoms. The summed E-state index contributed by atoms with van der Waals surface area (Å²) >= 11 is 0. The summed E-state index contributed by atoms with van der Waals surface area (Å²) in [5, 5.41) is 9.98. The Balaban J connectivity index is 1.70. The van der Waals surface area contributed by atoms with Crippen LogP contribution in [0.2, 0.25) is 0 Å². The zero-order chi connectivity index (χ0) is 18.0. The molecule has 0 spiro atoms. The standard InChI is InChI=1S/C18H23N3O4/c1-11-7-15-16(24-6-5-23-15)9-13(11)14-8-12(20-21-14)10-19-17(22)25-18(2,3)4/h7-9H,5-6,10H2,1-4H3,(H,19,22)(H,20,21). The molecule has 134 valence electrons. The number of benzene rings is 1. The summed E-state index contributed by atoms with van der Waals surface area (Å²) in [6.07, 6.45) is -0.459. The molecule has 7 heteroatoms. The van der Waals surface area contributed by atoms with E-state index in [1.54, 1.807) is 0 Å². The number of rotatable bonds is 3. The maximum absolute atomic E-state index is 11.7. The van der Waals surface area contributed by atoms with Gasteiger partial charge in [0.25, 0.3) is 0 Å². The Morgan fingerprint density at radius 3 is 2.60 bits per heavy atom. The number of fused-ring (bicyclic) bond motifs is 1. The van der Waals surface area contributed by atoms with Gasteiger partial charge < -0.3 is 19.5 Å². The number of aromatic amines is 1. The van der Waals surface area contributed by atoms with Gasteiger partial charge in [-0.1, -0.05) is 0 Å². The van der Waals surface area contributed by atoms with Crippen LogP contribution in [0, 0.1) is 6.92 Å². The molecule has 2 heterocycles. The van der Waals surface area contributed by atoms with Crippen LogP contribution in [0.25, 0.3) is 11.3 Å². The molecule has 0 fully saturated rings. The minimum Gasteiger partial charge on any atom is -0.486 e. The van der Waals surface area contributed by atoms with Gasteiger partial charge in [-0.05, 0) is 51.5 Å². The number of alkyl carbamates (subject to hydrolysis) is 1. The Bertz CT molecular complexity index is 777. The second-order valence-electron chi connectivity index (χ2n) is 6.94. The first-order valence-electron chi connectivity index (χ1n) is 8.23. The van der Waals surface area contributed by atoms with Gasteiger partial charge in [0.15, 0.2) is 11.5 Å². The number of nitrogens with one attached hydrogen (secondary N) is 2. The topological polar surface area (TPSA) is 85.5 Å². The lowest BCUT2D eigenvalue weighted by Gasteiger charge is -2.20. The van der Waals surface area contributed by atoms with Gasteiger partial charge in [-0.3, -0.25) is 5.10 Å². The number of carbonyl (C=O) groups excluding carboxylic acids is 1. The molecule has 2 aromatic rings. The number of nitrogens with zero attached hydrogens (tertiary/aromatic N) is 1. The van der Waals surface area contributed by atoms with Crippen molar-refractivity contribution >= 4 is 6.09 Å². The fourth-order valence-corrected chi connectivity index (χ4v) is 2.54. The van der Waals surface area contributed by atoms with Crippen molar-refractivity contribution in [1.82, 2.24) is 15.5 Å². The van der Waals surface area contributed by atoms with Crippen molar-refractivity contribution < 1.29 is 19.0 Å². The predicted molar refractivity (Wildman–Crippen MR) is 92.8 cm³/mol. The van der Waals surface area contributed by atoms with E-state index < -0.39 is 11.7 Å². The molecule has 7 nitrogen and oxygen atoms in total. The van der Waals surface area contributed by atoms with Crippen molar-refractivity contribution in [3.8, 4) is 22.8 Å². The second kappa shape index (κ2) is 6.66. The van der Waals surface area contributed by atoms with Gasteiger partial charge >= 0.3 is 6.09 Å². The van der Waals surface area contributed by atoms with E-state index in [1.807, 2.05) is 45.9 Å². The van der Waals surface area contributed by atoms with Crippen LogP contribution in [0.5, 0.6) is 11.5 Å². The third-order valence-electron chi connectivity index (χ3n) is 3.62. The van der Waals surface area contributed by atoms with E-state index in [2.05, 4.69) is 15.5 Å². The molecule has 1 aliphatic heterocycles. The summed E-state index contributed by atoms with van der Waals surface area (Å²) in [4.78, 5) is 11.7. The molecule has 3 rings (SSSR count). The van der Waals surface area contributed by atoms with Crippen LogP contribution >= 0.6 is 0 Å². The lowest BCUT2D eigenvalue weighted by atomic mass is 10.0. The minimum atomic E-state index is -0.522. The first-order chi connectivity index (χ1) is 11.8. The normalized spacial score (nSPS) is 13.4. The van der Waals surface area contributed by atoms with E-state index in [0.29, 0.717) is 19.8 Å². The summed E-state index contributed by atoms with van der Waals surface area (Å²) in [7, 11) is 0. The quantitative estimate of drug-likeness (QED) is 0.892. The highest BCUT2D eigenvalue weighted by atomic mass is 16.6. The van der Waals surface area contributed by atoms with Gasteiger partial charge in [0.1, 0.15) is 18.8 Å². The van der Waals surface area contributed by atoms with Crippen molar-refractivity contribution in [2.45, 2.75) is 39.8 Å². The van der Waals surface area contributed by atoms with Crippen LogP contribution in [-0.4, -0.2) is 35.1 Å². The Morgan fingerprint density at radius 1 is 1.24 bits per heavy atom. The number of hydrogen-bond donors (Lipinski definition) is 2. The van der Waals surface area contributed by atoms with Gasteiger partial charge in [0, 0.05) is 5.56 Å². The predicted octanol–water partition coefficient (Wildman–Crippen LogP) is 3.18. The van der Waals surface area contributed by atoms with E-state index in [4.69, 9.17) is 14.2 Å². The number of H-pyrrole nitrogens is 1. The second-order valence-corrected chi connectivity index (χ2v) is 6.94. The molecule has 0 atom stereocenters. The zero-order valence-corrected chi connectivity index (χ0v) is 14.9. The fourth-order valence-electron chi connectivity index (χ4n) is 2.54. The molecule has 0 saturated carbocycles. The molecule has 1 aliphatic rings. The smallest absolute Gasteiger partial charge is 0.407 e. The minimum absolute atomic E-state index is 0.311. The number of ether oxygens (including phenoxy) is 3. The highest BCUT2D eigenvalue weighted by molar-refractivity contribution is 5.69. The van der Waals surface area contributed by atoms with E-state index in [9.17, 15) is 4.79 Å². The lowest BCUT2D eigenvalue weighted by molar-refractivity contribution is 0.0523. The molecule has 0 unspecified atom stereocenters. The average molecular weight is 345 g/mol. The molecule has 1 aromatic carbocycles. The highest BCUT2D eigenvalue weighted by Crippen LogP contribution is 2.36. The van der Waals surface area contributed by atoms with E-state index in [-0.39, 0.29) is 0 Å². The Hall–Kier alpha value is -2.70. The van der Waals surface area contributed by atoms with Crippen molar-refractivity contribution in [3.63, 3.8) is 0 Å². The first kappa shape index (κ1) is 17.1. The summed E-state index contributed by atoms with van der Waals surface area (Å²) in [5.41, 5.74) is 3.06. The number of aromatic nitrogens is 2. The van der Waals surface area contributed by atoms with Gasteiger partial charge in [0.05, 0.1) is 17.9 Å². The van der Waals surface area contributed by atoms with Crippen molar-refractivity contribution in [2.75, 3.05) is 13.2 Å². The van der Waals surface area contributed by atoms with Gasteiger partial charge in [0.2, 0.25) is 0 Å². The van der Waals surface area contributed by atoms with Crippen molar-refractivity contribution in [1.29, 1.82) is 0 Å². The van der Waals surface area contributed by atoms with Crippen molar-refractivity contribution in [2.24, 2.45) is 0 Å². The van der Waals surface area contributed by atoms with Gasteiger partial charge in [-0.2, -0.15) is 5.10 Å². The largest absolute Gasteiger partial charge is 0.486 e. The number of aryl methyl sites for hydroxylation is 1.